The first kappa shape index (κ1) is 15.3. The topological polar surface area (TPSA) is 48.7 Å². The minimum atomic E-state index is -0.371. The zero-order chi connectivity index (χ0) is 17.7. The third kappa shape index (κ3) is 2.18. The van der Waals surface area contributed by atoms with Crippen molar-refractivity contribution in [1.29, 1.82) is 0 Å². The lowest BCUT2D eigenvalue weighted by molar-refractivity contribution is 0.0970. The Balaban J connectivity index is 1.72. The quantitative estimate of drug-likeness (QED) is 0.658. The molecule has 2 heterocycles. The van der Waals surface area contributed by atoms with Crippen molar-refractivity contribution in [3.8, 4) is 22.6 Å². The summed E-state index contributed by atoms with van der Waals surface area (Å²) in [5.41, 5.74) is 3.57. The van der Waals surface area contributed by atoms with Gasteiger partial charge in [-0.15, -0.1) is 0 Å². The van der Waals surface area contributed by atoms with E-state index in [0.717, 1.165) is 58.1 Å². The van der Waals surface area contributed by atoms with E-state index in [2.05, 4.69) is 0 Å². The van der Waals surface area contributed by atoms with Crippen molar-refractivity contribution < 1.29 is 18.7 Å². The van der Waals surface area contributed by atoms with Crippen LogP contribution in [-0.4, -0.2) is 12.9 Å². The van der Waals surface area contributed by atoms with Crippen LogP contribution in [0.4, 0.5) is 0 Å². The number of aryl methyl sites for hydroxylation is 1. The summed E-state index contributed by atoms with van der Waals surface area (Å²) in [5, 5.41) is 0. The molecule has 1 aromatic heterocycles. The molecule has 2 aromatic carbocycles. The summed E-state index contributed by atoms with van der Waals surface area (Å²) in [4.78, 5) is 12.6. The van der Waals surface area contributed by atoms with E-state index in [1.165, 1.54) is 0 Å². The van der Waals surface area contributed by atoms with Crippen molar-refractivity contribution in [3.63, 3.8) is 0 Å². The first-order valence-corrected chi connectivity index (χ1v) is 8.85. The van der Waals surface area contributed by atoms with Gasteiger partial charge in [0.05, 0.1) is 12.7 Å². The Bertz CT molecular complexity index is 997. The molecule has 2 aliphatic rings. The van der Waals surface area contributed by atoms with Gasteiger partial charge in [0, 0.05) is 29.5 Å². The van der Waals surface area contributed by atoms with Crippen LogP contribution in [0.1, 0.15) is 46.4 Å². The number of carbonyl (C=O) groups is 1. The fourth-order valence-corrected chi connectivity index (χ4v) is 3.91. The third-order valence-corrected chi connectivity index (χ3v) is 5.15. The number of hydrogen-bond donors (Lipinski definition) is 0. The van der Waals surface area contributed by atoms with Crippen molar-refractivity contribution in [2.24, 2.45) is 0 Å². The zero-order valence-corrected chi connectivity index (χ0v) is 14.5. The molecule has 0 amide bonds. The van der Waals surface area contributed by atoms with Gasteiger partial charge in [-0.3, -0.25) is 4.79 Å². The van der Waals surface area contributed by atoms with Gasteiger partial charge in [0.1, 0.15) is 17.3 Å². The van der Waals surface area contributed by atoms with E-state index in [1.54, 1.807) is 7.11 Å². The normalized spacial score (nSPS) is 17.7. The molecule has 3 aromatic rings. The monoisotopic (exact) mass is 346 g/mol. The second kappa shape index (κ2) is 5.77. The van der Waals surface area contributed by atoms with E-state index in [0.29, 0.717) is 6.42 Å². The lowest BCUT2D eigenvalue weighted by atomic mass is 9.87. The molecule has 1 aliphatic heterocycles. The Labute approximate surface area is 151 Å². The first-order valence-electron chi connectivity index (χ1n) is 8.85. The largest absolute Gasteiger partial charge is 0.497 e. The van der Waals surface area contributed by atoms with Crippen LogP contribution in [0.5, 0.6) is 11.5 Å². The second-order valence-corrected chi connectivity index (χ2v) is 6.68. The standard InChI is InChI=1S/C22H18O4/c1-24-14-11-9-13(10-12-14)21-22-19(15-5-2-3-7-17(15)25-21)20-16(23)6-4-8-18(20)26-22/h2-3,5,7,9-12,21H,4,6,8H2,1H3. The molecule has 4 nitrogen and oxygen atoms in total. The molecule has 4 heteroatoms. The smallest absolute Gasteiger partial charge is 0.182 e. The third-order valence-electron chi connectivity index (χ3n) is 5.15. The summed E-state index contributed by atoms with van der Waals surface area (Å²) >= 11 is 0. The van der Waals surface area contributed by atoms with Crippen LogP contribution < -0.4 is 9.47 Å². The average Bonchev–Trinajstić information content (AvgIpc) is 3.08. The zero-order valence-electron chi connectivity index (χ0n) is 14.5. The molecule has 1 unspecified atom stereocenters. The van der Waals surface area contributed by atoms with Gasteiger partial charge in [-0.05, 0) is 24.6 Å². The van der Waals surface area contributed by atoms with Crippen LogP contribution in [0.15, 0.2) is 52.9 Å². The number of benzene rings is 2. The van der Waals surface area contributed by atoms with Crippen molar-refractivity contribution in [1.82, 2.24) is 0 Å². The van der Waals surface area contributed by atoms with Crippen LogP contribution in [0.2, 0.25) is 0 Å². The number of furan rings is 1. The Morgan fingerprint density at radius 3 is 2.62 bits per heavy atom. The lowest BCUT2D eigenvalue weighted by Gasteiger charge is -2.26. The molecule has 26 heavy (non-hydrogen) atoms. The van der Waals surface area contributed by atoms with Gasteiger partial charge in [-0.25, -0.2) is 0 Å². The maximum atomic E-state index is 12.6. The molecule has 0 saturated heterocycles. The summed E-state index contributed by atoms with van der Waals surface area (Å²) in [6, 6.07) is 15.6. The van der Waals surface area contributed by atoms with Gasteiger partial charge in [0.15, 0.2) is 17.6 Å². The SMILES string of the molecule is COc1ccc(C2Oc3ccccc3-c3c2oc2c3C(=O)CCC2)cc1. The number of para-hydroxylation sites is 1. The summed E-state index contributed by atoms with van der Waals surface area (Å²) in [6.07, 6.45) is 1.85. The van der Waals surface area contributed by atoms with E-state index in [9.17, 15) is 4.79 Å². The second-order valence-electron chi connectivity index (χ2n) is 6.68. The molecule has 130 valence electrons. The molecule has 0 spiro atoms. The fraction of sp³-hybridized carbons (Fsp3) is 0.227. The van der Waals surface area contributed by atoms with Crippen LogP contribution in [0.3, 0.4) is 0 Å². The van der Waals surface area contributed by atoms with E-state index in [1.807, 2.05) is 48.5 Å². The van der Waals surface area contributed by atoms with Crippen LogP contribution in [0, 0.1) is 0 Å². The lowest BCUT2D eigenvalue weighted by Crippen LogP contribution is -2.15. The van der Waals surface area contributed by atoms with Crippen LogP contribution >= 0.6 is 0 Å². The van der Waals surface area contributed by atoms with Gasteiger partial charge in [-0.1, -0.05) is 30.3 Å². The number of Topliss-reactive ketones (excluding diaryl/α,β-unsaturated/α-hetero) is 1. The number of rotatable bonds is 2. The highest BCUT2D eigenvalue weighted by molar-refractivity contribution is 6.05. The van der Waals surface area contributed by atoms with Gasteiger partial charge < -0.3 is 13.9 Å². The number of ether oxygens (including phenoxy) is 2. The van der Waals surface area contributed by atoms with E-state index in [4.69, 9.17) is 13.9 Å². The highest BCUT2D eigenvalue weighted by Gasteiger charge is 2.38. The van der Waals surface area contributed by atoms with Gasteiger partial charge in [0.25, 0.3) is 0 Å². The van der Waals surface area contributed by atoms with Crippen molar-refractivity contribution in [2.75, 3.05) is 7.11 Å². The van der Waals surface area contributed by atoms with Crippen LogP contribution in [-0.2, 0) is 6.42 Å². The Morgan fingerprint density at radius 2 is 1.81 bits per heavy atom. The first-order chi connectivity index (χ1) is 12.8. The molecule has 5 rings (SSSR count). The fourth-order valence-electron chi connectivity index (χ4n) is 3.91. The molecule has 0 fully saturated rings. The van der Waals surface area contributed by atoms with Gasteiger partial charge in [-0.2, -0.15) is 0 Å². The average molecular weight is 346 g/mol. The highest BCUT2D eigenvalue weighted by Crippen LogP contribution is 2.49. The number of fused-ring (bicyclic) bond motifs is 5. The molecule has 1 atom stereocenters. The summed E-state index contributed by atoms with van der Waals surface area (Å²) in [5.74, 6) is 3.27. The molecule has 0 N–H and O–H groups in total. The summed E-state index contributed by atoms with van der Waals surface area (Å²) in [7, 11) is 1.65. The highest BCUT2D eigenvalue weighted by atomic mass is 16.5. The van der Waals surface area contributed by atoms with Crippen molar-refractivity contribution in [3.05, 3.63) is 71.2 Å². The number of carbonyl (C=O) groups excluding carboxylic acids is 1. The Morgan fingerprint density at radius 1 is 1.00 bits per heavy atom. The Kier molecular flexibility index (Phi) is 3.38. The van der Waals surface area contributed by atoms with Gasteiger partial charge in [0.2, 0.25) is 0 Å². The molecule has 1 aliphatic carbocycles. The van der Waals surface area contributed by atoms with Crippen molar-refractivity contribution >= 4 is 5.78 Å². The predicted octanol–water partition coefficient (Wildman–Crippen LogP) is 4.96. The summed E-state index contributed by atoms with van der Waals surface area (Å²) in [6.45, 7) is 0. The summed E-state index contributed by atoms with van der Waals surface area (Å²) < 4.78 is 17.7. The molecular weight excluding hydrogens is 328 g/mol. The van der Waals surface area contributed by atoms with E-state index >= 15 is 0 Å². The number of ketones is 1. The maximum Gasteiger partial charge on any atom is 0.182 e. The maximum absolute atomic E-state index is 12.6. The molecule has 0 saturated carbocycles. The minimum absolute atomic E-state index is 0.168. The molecule has 0 bridgehead atoms. The predicted molar refractivity (Wildman–Crippen MR) is 96.9 cm³/mol. The molecule has 0 radical (unpaired) electrons. The molecular formula is C22H18O4. The minimum Gasteiger partial charge on any atom is -0.497 e. The Hall–Kier alpha value is -3.01. The van der Waals surface area contributed by atoms with Crippen molar-refractivity contribution in [2.45, 2.75) is 25.4 Å². The van der Waals surface area contributed by atoms with E-state index < -0.39 is 0 Å². The number of hydrogen-bond acceptors (Lipinski definition) is 4. The number of methoxy groups -OCH3 is 1. The van der Waals surface area contributed by atoms with E-state index in [-0.39, 0.29) is 11.9 Å². The van der Waals surface area contributed by atoms with Gasteiger partial charge >= 0.3 is 0 Å². The van der Waals surface area contributed by atoms with Crippen LogP contribution in [0.25, 0.3) is 11.1 Å².